The van der Waals surface area contributed by atoms with Gasteiger partial charge >= 0.3 is 0 Å². The van der Waals surface area contributed by atoms with Crippen molar-refractivity contribution in [2.24, 2.45) is 5.92 Å². The summed E-state index contributed by atoms with van der Waals surface area (Å²) in [5.41, 5.74) is 1.17. The van der Waals surface area contributed by atoms with Crippen LogP contribution in [-0.4, -0.2) is 45.3 Å². The van der Waals surface area contributed by atoms with Crippen LogP contribution in [0.4, 0.5) is 0 Å². The van der Waals surface area contributed by atoms with Crippen LogP contribution >= 0.6 is 0 Å². The van der Waals surface area contributed by atoms with Gasteiger partial charge in [-0.3, -0.25) is 9.69 Å². The SMILES string of the molecule is C=CCOc1ccccc1CN1CCc2nnc(CNC(=O)C(C)CC)n2CC1. The average molecular weight is 398 g/mol. The Labute approximate surface area is 172 Å². The molecule has 2 aromatic rings. The molecule has 0 saturated heterocycles. The molecule has 1 aliphatic rings. The van der Waals surface area contributed by atoms with E-state index in [2.05, 4.69) is 37.6 Å². The summed E-state index contributed by atoms with van der Waals surface area (Å²) in [6.07, 6.45) is 3.43. The predicted octanol–water partition coefficient (Wildman–Crippen LogP) is 2.56. The highest BCUT2D eigenvalue weighted by molar-refractivity contribution is 5.78. The number of para-hydroxylation sites is 1. The highest BCUT2D eigenvalue weighted by atomic mass is 16.5. The van der Waals surface area contributed by atoms with Crippen LogP contribution in [-0.2, 0) is 30.8 Å². The maximum atomic E-state index is 12.1. The third kappa shape index (κ3) is 5.44. The van der Waals surface area contributed by atoms with Crippen molar-refractivity contribution in [3.8, 4) is 5.75 Å². The smallest absolute Gasteiger partial charge is 0.223 e. The zero-order valence-corrected chi connectivity index (χ0v) is 17.4. The molecule has 3 rings (SSSR count). The number of nitrogens with one attached hydrogen (secondary N) is 1. The van der Waals surface area contributed by atoms with E-state index in [9.17, 15) is 4.79 Å². The van der Waals surface area contributed by atoms with Crippen LogP contribution in [0.3, 0.4) is 0 Å². The summed E-state index contributed by atoms with van der Waals surface area (Å²) in [4.78, 5) is 14.5. The second kappa shape index (κ2) is 10.2. The molecule has 1 aliphatic heterocycles. The molecular formula is C22H31N5O2. The first-order valence-corrected chi connectivity index (χ1v) is 10.3. The van der Waals surface area contributed by atoms with E-state index in [1.807, 2.05) is 32.0 Å². The summed E-state index contributed by atoms with van der Waals surface area (Å²) in [5.74, 6) is 2.80. The third-order valence-corrected chi connectivity index (χ3v) is 5.40. The van der Waals surface area contributed by atoms with Crippen molar-refractivity contribution in [1.29, 1.82) is 0 Å². The highest BCUT2D eigenvalue weighted by Crippen LogP contribution is 2.21. The third-order valence-electron chi connectivity index (χ3n) is 5.40. The molecule has 1 N–H and O–H groups in total. The largest absolute Gasteiger partial charge is 0.489 e. The zero-order valence-electron chi connectivity index (χ0n) is 17.4. The van der Waals surface area contributed by atoms with E-state index in [0.717, 1.165) is 56.4 Å². The molecule has 1 unspecified atom stereocenters. The Balaban J connectivity index is 1.61. The van der Waals surface area contributed by atoms with Gasteiger partial charge in [-0.2, -0.15) is 0 Å². The lowest BCUT2D eigenvalue weighted by atomic mass is 10.1. The molecule has 7 nitrogen and oxygen atoms in total. The summed E-state index contributed by atoms with van der Waals surface area (Å²) >= 11 is 0. The fraction of sp³-hybridized carbons (Fsp3) is 0.500. The predicted molar refractivity (Wildman–Crippen MR) is 112 cm³/mol. The van der Waals surface area contributed by atoms with Gasteiger partial charge in [0.15, 0.2) is 5.82 Å². The summed E-state index contributed by atoms with van der Waals surface area (Å²) in [6, 6.07) is 8.15. The maximum absolute atomic E-state index is 12.1. The number of aromatic nitrogens is 3. The Bertz CT molecular complexity index is 832. The van der Waals surface area contributed by atoms with Crippen molar-refractivity contribution >= 4 is 5.91 Å². The molecule has 1 atom stereocenters. The number of hydrogen-bond acceptors (Lipinski definition) is 5. The zero-order chi connectivity index (χ0) is 20.6. The van der Waals surface area contributed by atoms with Crippen LogP contribution < -0.4 is 10.1 Å². The van der Waals surface area contributed by atoms with Crippen molar-refractivity contribution in [1.82, 2.24) is 25.0 Å². The molecule has 1 aromatic heterocycles. The van der Waals surface area contributed by atoms with Crippen molar-refractivity contribution < 1.29 is 9.53 Å². The lowest BCUT2D eigenvalue weighted by Crippen LogP contribution is -2.30. The van der Waals surface area contributed by atoms with Crippen LogP contribution in [0.5, 0.6) is 5.75 Å². The summed E-state index contributed by atoms with van der Waals surface area (Å²) < 4.78 is 7.95. The molecule has 1 amide bonds. The van der Waals surface area contributed by atoms with Gasteiger partial charge in [-0.25, -0.2) is 0 Å². The number of hydrogen-bond donors (Lipinski definition) is 1. The Hall–Kier alpha value is -2.67. The van der Waals surface area contributed by atoms with Gasteiger partial charge in [0, 0.05) is 44.1 Å². The minimum absolute atomic E-state index is 0.0143. The van der Waals surface area contributed by atoms with Gasteiger partial charge in [-0.15, -0.1) is 10.2 Å². The van der Waals surface area contributed by atoms with E-state index in [1.165, 1.54) is 5.56 Å². The molecular weight excluding hydrogens is 366 g/mol. The fourth-order valence-electron chi connectivity index (χ4n) is 3.41. The van der Waals surface area contributed by atoms with Crippen molar-refractivity contribution in [3.63, 3.8) is 0 Å². The number of rotatable bonds is 9. The number of benzene rings is 1. The lowest BCUT2D eigenvalue weighted by Gasteiger charge is -2.21. The normalized spacial score (nSPS) is 15.2. The second-order valence-corrected chi connectivity index (χ2v) is 7.44. The second-order valence-electron chi connectivity index (χ2n) is 7.44. The van der Waals surface area contributed by atoms with Gasteiger partial charge in [0.25, 0.3) is 0 Å². The van der Waals surface area contributed by atoms with Gasteiger partial charge < -0.3 is 14.6 Å². The molecule has 0 aliphatic carbocycles. The topological polar surface area (TPSA) is 72.3 Å². The molecule has 0 saturated carbocycles. The van der Waals surface area contributed by atoms with Crippen LogP contribution in [0.1, 0.15) is 37.5 Å². The van der Waals surface area contributed by atoms with Crippen molar-refractivity contribution in [2.45, 2.75) is 46.3 Å². The molecule has 0 bridgehead atoms. The number of fused-ring (bicyclic) bond motifs is 1. The van der Waals surface area contributed by atoms with Gasteiger partial charge in [0.2, 0.25) is 5.91 Å². The standard InChI is InChI=1S/C22H31N5O2/c1-4-14-29-19-9-7-6-8-18(19)16-26-11-10-20-24-25-21(27(20)13-12-26)15-23-22(28)17(3)5-2/h4,6-9,17H,1,5,10-16H2,2-3H3,(H,23,28). The molecule has 0 radical (unpaired) electrons. The van der Waals surface area contributed by atoms with Gasteiger partial charge in [0.05, 0.1) is 6.54 Å². The minimum Gasteiger partial charge on any atom is -0.489 e. The van der Waals surface area contributed by atoms with Crippen LogP contribution in [0, 0.1) is 5.92 Å². The van der Waals surface area contributed by atoms with Gasteiger partial charge in [-0.1, -0.05) is 44.7 Å². The lowest BCUT2D eigenvalue weighted by molar-refractivity contribution is -0.124. The highest BCUT2D eigenvalue weighted by Gasteiger charge is 2.20. The Kier molecular flexibility index (Phi) is 7.41. The van der Waals surface area contributed by atoms with E-state index in [4.69, 9.17) is 4.74 Å². The van der Waals surface area contributed by atoms with E-state index < -0.39 is 0 Å². The Morgan fingerprint density at radius 2 is 2.14 bits per heavy atom. The van der Waals surface area contributed by atoms with Crippen LogP contribution in [0.2, 0.25) is 0 Å². The number of carbonyl (C=O) groups excluding carboxylic acids is 1. The first kappa shape index (κ1) is 21.0. The van der Waals surface area contributed by atoms with Gasteiger partial charge in [-0.05, 0) is 12.5 Å². The molecule has 1 aromatic carbocycles. The van der Waals surface area contributed by atoms with Gasteiger partial charge in [0.1, 0.15) is 18.2 Å². The van der Waals surface area contributed by atoms with E-state index in [0.29, 0.717) is 13.2 Å². The first-order valence-electron chi connectivity index (χ1n) is 10.3. The summed E-state index contributed by atoms with van der Waals surface area (Å²) in [5, 5.41) is 11.6. The van der Waals surface area contributed by atoms with E-state index >= 15 is 0 Å². The quantitative estimate of drug-likeness (QED) is 0.659. The monoisotopic (exact) mass is 397 g/mol. The number of carbonyl (C=O) groups is 1. The molecule has 0 fully saturated rings. The first-order chi connectivity index (χ1) is 14.1. The van der Waals surface area contributed by atoms with Crippen LogP contribution in [0.25, 0.3) is 0 Å². The van der Waals surface area contributed by atoms with E-state index in [1.54, 1.807) is 6.08 Å². The maximum Gasteiger partial charge on any atom is 0.223 e. The van der Waals surface area contributed by atoms with Crippen LogP contribution in [0.15, 0.2) is 36.9 Å². The molecule has 0 spiro atoms. The Morgan fingerprint density at radius 1 is 1.31 bits per heavy atom. The van der Waals surface area contributed by atoms with E-state index in [-0.39, 0.29) is 11.8 Å². The minimum atomic E-state index is 0.0143. The molecule has 156 valence electrons. The van der Waals surface area contributed by atoms with Crippen molar-refractivity contribution in [2.75, 3.05) is 19.7 Å². The summed E-state index contributed by atoms with van der Waals surface area (Å²) in [6.45, 7) is 12.0. The average Bonchev–Trinajstić information content (AvgIpc) is 3.03. The number of ether oxygens (including phenoxy) is 1. The number of amides is 1. The number of nitrogens with zero attached hydrogens (tertiary/aromatic N) is 4. The molecule has 29 heavy (non-hydrogen) atoms. The molecule has 2 heterocycles. The Morgan fingerprint density at radius 3 is 2.93 bits per heavy atom. The van der Waals surface area contributed by atoms with Crippen molar-refractivity contribution in [3.05, 3.63) is 54.1 Å². The summed E-state index contributed by atoms with van der Waals surface area (Å²) in [7, 11) is 0. The molecule has 7 heteroatoms. The fourth-order valence-corrected chi connectivity index (χ4v) is 3.41.